The monoisotopic (exact) mass is 492 g/mol. The number of anilines is 1. The van der Waals surface area contributed by atoms with Crippen molar-refractivity contribution in [3.8, 4) is 11.5 Å². The first kappa shape index (κ1) is 23.6. The number of hydrogen-bond acceptors (Lipinski definition) is 5. The fourth-order valence-corrected chi connectivity index (χ4v) is 4.70. The number of halogens is 2. The molecule has 2 aliphatic rings. The summed E-state index contributed by atoms with van der Waals surface area (Å²) in [5, 5.41) is 23.3. The van der Waals surface area contributed by atoms with Gasteiger partial charge in [-0.3, -0.25) is 4.79 Å². The van der Waals surface area contributed by atoms with Gasteiger partial charge in [-0.2, -0.15) is 0 Å². The normalized spacial score (nSPS) is 18.5. The molecule has 0 radical (unpaired) electrons. The lowest BCUT2D eigenvalue weighted by Crippen LogP contribution is -2.28. The number of nitrogens with one attached hydrogen (secondary N) is 1. The van der Waals surface area contributed by atoms with Gasteiger partial charge in [0.15, 0.2) is 11.5 Å². The number of aromatic nitrogens is 1. The first-order valence-corrected chi connectivity index (χ1v) is 11.6. The molecule has 0 saturated heterocycles. The molecule has 3 N–H and O–H groups in total. The van der Waals surface area contributed by atoms with E-state index in [1.54, 1.807) is 12.1 Å². The van der Waals surface area contributed by atoms with Gasteiger partial charge in [0.2, 0.25) is 5.91 Å². The van der Waals surface area contributed by atoms with Crippen LogP contribution in [0, 0.1) is 0 Å². The van der Waals surface area contributed by atoms with Gasteiger partial charge in [0.05, 0.1) is 24.7 Å². The van der Waals surface area contributed by atoms with Crippen LogP contribution in [0.4, 0.5) is 14.5 Å². The van der Waals surface area contributed by atoms with E-state index in [0.717, 1.165) is 16.6 Å². The zero-order valence-corrected chi connectivity index (χ0v) is 19.8. The Morgan fingerprint density at radius 1 is 1.14 bits per heavy atom. The molecule has 2 aromatic carbocycles. The van der Waals surface area contributed by atoms with E-state index < -0.39 is 17.8 Å². The second-order valence-corrected chi connectivity index (χ2v) is 10.4. The zero-order chi connectivity index (χ0) is 25.2. The molecule has 3 aromatic rings. The minimum absolute atomic E-state index is 0. The highest BCUT2D eigenvalue weighted by Crippen LogP contribution is 2.52. The van der Waals surface area contributed by atoms with Crippen molar-refractivity contribution in [1.82, 2.24) is 4.57 Å². The van der Waals surface area contributed by atoms with Crippen molar-refractivity contribution in [1.29, 1.82) is 0 Å². The number of amides is 1. The van der Waals surface area contributed by atoms with Gasteiger partial charge in [-0.1, -0.05) is 26.8 Å². The molecular weight excluding hydrogens is 458 g/mol. The van der Waals surface area contributed by atoms with Gasteiger partial charge in [0.25, 0.3) is 0 Å². The van der Waals surface area contributed by atoms with Gasteiger partial charge in [0.1, 0.15) is 0 Å². The smallest absolute Gasteiger partial charge is 0.395 e. The van der Waals surface area contributed by atoms with Crippen molar-refractivity contribution in [2.24, 2.45) is 0 Å². The summed E-state index contributed by atoms with van der Waals surface area (Å²) in [6.07, 6.45) is -3.39. The molecule has 1 aliphatic heterocycles. The van der Waals surface area contributed by atoms with E-state index in [0.29, 0.717) is 24.1 Å². The van der Waals surface area contributed by atoms with Gasteiger partial charge in [-0.15, -0.1) is 8.78 Å². The summed E-state index contributed by atoms with van der Waals surface area (Å²) < 4.78 is 37.8. The SMILES string of the molecule is CC(C)(C)c1cc2cc(NC(=O)C3(c4ccc5c(c4)OC(F)(F)O5)CC3)ccc2n1C[C@H](O)CO.[HH].[HH].[HH]. The highest BCUT2D eigenvalue weighted by molar-refractivity contribution is 6.02. The predicted octanol–water partition coefficient (Wildman–Crippen LogP) is 5.02. The number of benzene rings is 2. The molecule has 1 atom stereocenters. The number of alkyl halides is 2. The van der Waals surface area contributed by atoms with Crippen LogP contribution in [-0.4, -0.2) is 39.7 Å². The van der Waals surface area contributed by atoms with E-state index >= 15 is 0 Å². The lowest BCUT2D eigenvalue weighted by molar-refractivity contribution is -0.286. The first-order valence-electron chi connectivity index (χ1n) is 11.6. The molecule has 1 aliphatic carbocycles. The molecule has 5 rings (SSSR count). The number of rotatable bonds is 6. The Morgan fingerprint density at radius 3 is 2.51 bits per heavy atom. The number of aliphatic hydroxyl groups is 2. The maximum absolute atomic E-state index is 13.4. The third kappa shape index (κ3) is 4.23. The van der Waals surface area contributed by atoms with E-state index in [-0.39, 0.29) is 40.3 Å². The van der Waals surface area contributed by atoms with Crippen LogP contribution in [0.2, 0.25) is 0 Å². The molecule has 192 valence electrons. The van der Waals surface area contributed by atoms with Crippen molar-refractivity contribution in [2.45, 2.75) is 63.4 Å². The minimum Gasteiger partial charge on any atom is -0.395 e. The summed E-state index contributed by atoms with van der Waals surface area (Å²) in [6, 6.07) is 12.1. The van der Waals surface area contributed by atoms with Crippen molar-refractivity contribution < 1.29 is 37.5 Å². The van der Waals surface area contributed by atoms with Gasteiger partial charge in [0, 0.05) is 32.0 Å². The van der Waals surface area contributed by atoms with E-state index in [2.05, 4.69) is 35.6 Å². The van der Waals surface area contributed by atoms with Crippen molar-refractivity contribution in [2.75, 3.05) is 11.9 Å². The summed E-state index contributed by atoms with van der Waals surface area (Å²) >= 11 is 0. The van der Waals surface area contributed by atoms with E-state index in [4.69, 9.17) is 0 Å². The Bertz CT molecular complexity index is 1320. The van der Waals surface area contributed by atoms with Crippen LogP contribution in [-0.2, 0) is 22.2 Å². The third-order valence-electron chi connectivity index (χ3n) is 6.67. The average molecular weight is 493 g/mol. The van der Waals surface area contributed by atoms with E-state index in [9.17, 15) is 23.8 Å². The lowest BCUT2D eigenvalue weighted by atomic mass is 9.92. The Balaban J connectivity index is 0.00000169. The summed E-state index contributed by atoms with van der Waals surface area (Å²) in [4.78, 5) is 13.3. The highest BCUT2D eigenvalue weighted by Gasteiger charge is 2.52. The number of fused-ring (bicyclic) bond motifs is 2. The fraction of sp³-hybridized carbons (Fsp3) is 0.423. The Labute approximate surface area is 205 Å². The summed E-state index contributed by atoms with van der Waals surface area (Å²) in [7, 11) is 0. The van der Waals surface area contributed by atoms with Gasteiger partial charge >= 0.3 is 6.29 Å². The quantitative estimate of drug-likeness (QED) is 0.449. The summed E-state index contributed by atoms with van der Waals surface area (Å²) in [5.41, 5.74) is 2.10. The van der Waals surface area contributed by atoms with E-state index in [1.165, 1.54) is 12.1 Å². The number of aliphatic hydroxyl groups excluding tert-OH is 2. The molecule has 0 unspecified atom stereocenters. The van der Waals surface area contributed by atoms with Gasteiger partial charge in [-0.25, -0.2) is 0 Å². The topological polar surface area (TPSA) is 93.0 Å². The highest BCUT2D eigenvalue weighted by atomic mass is 19.3. The molecule has 1 aromatic heterocycles. The zero-order valence-electron chi connectivity index (χ0n) is 19.8. The average Bonchev–Trinajstić information content (AvgIpc) is 3.42. The van der Waals surface area contributed by atoms with Crippen LogP contribution in [0.25, 0.3) is 10.9 Å². The number of ether oxygens (including phenoxy) is 2. The lowest BCUT2D eigenvalue weighted by Gasteiger charge is -2.23. The number of hydrogen-bond donors (Lipinski definition) is 3. The van der Waals surface area contributed by atoms with Crippen molar-refractivity contribution >= 4 is 22.5 Å². The molecule has 1 fully saturated rings. The number of carbonyl (C=O) groups is 1. The van der Waals surface area contributed by atoms with Crippen LogP contribution >= 0.6 is 0 Å². The third-order valence-corrected chi connectivity index (χ3v) is 6.67. The molecule has 1 saturated carbocycles. The summed E-state index contributed by atoms with van der Waals surface area (Å²) in [5.74, 6) is -0.339. The van der Waals surface area contributed by atoms with Crippen LogP contribution in [0.1, 0.15) is 49.2 Å². The largest absolute Gasteiger partial charge is 0.586 e. The first-order chi connectivity index (χ1) is 16.4. The standard InChI is InChI=1S/C26H28F2N2O5.3H2/c1-24(2,3)22-11-15-10-17(5-6-19(15)30(22)13-18(32)14-31)29-23(33)25(8-9-25)16-4-7-20-21(12-16)35-26(27,28)34-20;;;/h4-7,10-12,18,31-32H,8-9,13-14H2,1-3H3,(H,29,33);3*1H/t18-;;;/m0.../s1. The van der Waals surface area contributed by atoms with Crippen LogP contribution in [0.15, 0.2) is 42.5 Å². The van der Waals surface area contributed by atoms with Crippen LogP contribution < -0.4 is 14.8 Å². The molecule has 1 amide bonds. The van der Waals surface area contributed by atoms with Crippen molar-refractivity contribution in [3.05, 3.63) is 53.7 Å². The second-order valence-electron chi connectivity index (χ2n) is 10.4. The Hall–Kier alpha value is -3.17. The van der Waals surface area contributed by atoms with Crippen LogP contribution in [0.3, 0.4) is 0 Å². The maximum atomic E-state index is 13.4. The maximum Gasteiger partial charge on any atom is 0.586 e. The van der Waals surface area contributed by atoms with E-state index in [1.807, 2.05) is 22.8 Å². The predicted molar refractivity (Wildman–Crippen MR) is 132 cm³/mol. The molecule has 2 heterocycles. The number of nitrogens with zero attached hydrogens (tertiary/aromatic N) is 1. The fourth-order valence-electron chi connectivity index (χ4n) is 4.70. The molecule has 35 heavy (non-hydrogen) atoms. The van der Waals surface area contributed by atoms with Gasteiger partial charge in [-0.05, 0) is 54.8 Å². The molecular formula is C26H34F2N2O5. The molecule has 9 heteroatoms. The summed E-state index contributed by atoms with van der Waals surface area (Å²) in [6.45, 7) is 6.14. The van der Waals surface area contributed by atoms with Crippen molar-refractivity contribution in [3.63, 3.8) is 0 Å². The molecule has 0 spiro atoms. The Kier molecular flexibility index (Phi) is 5.34. The number of carbonyl (C=O) groups excluding carboxylic acids is 1. The molecule has 0 bridgehead atoms. The Morgan fingerprint density at radius 2 is 1.86 bits per heavy atom. The molecule has 7 nitrogen and oxygen atoms in total. The van der Waals surface area contributed by atoms with Gasteiger partial charge < -0.3 is 29.6 Å². The van der Waals surface area contributed by atoms with Crippen LogP contribution in [0.5, 0.6) is 11.5 Å². The minimum atomic E-state index is -3.70. The second kappa shape index (κ2) is 7.93.